The van der Waals surface area contributed by atoms with Gasteiger partial charge in [-0.25, -0.2) is 0 Å². The first-order valence-corrected chi connectivity index (χ1v) is 7.73. The Morgan fingerprint density at radius 3 is 2.35 bits per heavy atom. The number of nitrogens with two attached hydrogens (primary N) is 1. The summed E-state index contributed by atoms with van der Waals surface area (Å²) >= 11 is 0. The first kappa shape index (κ1) is 17.0. The van der Waals surface area contributed by atoms with Crippen molar-refractivity contribution in [1.82, 2.24) is 5.32 Å². The zero-order valence-electron chi connectivity index (χ0n) is 12.7. The molecule has 0 aliphatic heterocycles. The second kappa shape index (κ2) is 7.62. The minimum absolute atomic E-state index is 0.0769. The average molecular weight is 284 g/mol. The van der Waals surface area contributed by atoms with Crippen molar-refractivity contribution in [3.05, 3.63) is 0 Å². The second-order valence-electron chi connectivity index (χ2n) is 5.92. The summed E-state index contributed by atoms with van der Waals surface area (Å²) in [4.78, 5) is 23.7. The molecule has 0 heterocycles. The van der Waals surface area contributed by atoms with Crippen LogP contribution in [0.1, 0.15) is 58.8 Å². The van der Waals surface area contributed by atoms with Crippen LogP contribution in [0, 0.1) is 11.3 Å². The third kappa shape index (κ3) is 3.95. The van der Waals surface area contributed by atoms with E-state index in [9.17, 15) is 14.7 Å². The highest BCUT2D eigenvalue weighted by Gasteiger charge is 2.36. The molecule has 4 N–H and O–H groups in total. The zero-order chi connectivity index (χ0) is 15.2. The van der Waals surface area contributed by atoms with Gasteiger partial charge in [0.25, 0.3) is 0 Å². The highest BCUT2D eigenvalue weighted by Crippen LogP contribution is 2.27. The normalized spacial score (nSPS) is 23.9. The summed E-state index contributed by atoms with van der Waals surface area (Å²) in [6.45, 7) is 3.89. The van der Waals surface area contributed by atoms with E-state index in [1.54, 1.807) is 0 Å². The number of hydrogen-bond acceptors (Lipinski definition) is 3. The van der Waals surface area contributed by atoms with Crippen LogP contribution >= 0.6 is 0 Å². The van der Waals surface area contributed by atoms with Crippen molar-refractivity contribution in [3.8, 4) is 0 Å². The van der Waals surface area contributed by atoms with Crippen LogP contribution in [0.15, 0.2) is 0 Å². The van der Waals surface area contributed by atoms with E-state index in [1.807, 2.05) is 13.8 Å². The standard InChI is InChI=1S/C15H28N2O3/c1-3-15(4-2,14(19)20)10-17-13(18)11-8-6-5-7-9-12(11)16/h11-12H,3-10,16H2,1-2H3,(H,17,18)(H,19,20). The van der Waals surface area contributed by atoms with Crippen LogP contribution < -0.4 is 11.1 Å². The molecule has 0 saturated heterocycles. The molecule has 0 bridgehead atoms. The van der Waals surface area contributed by atoms with Gasteiger partial charge in [-0.3, -0.25) is 9.59 Å². The van der Waals surface area contributed by atoms with Crippen LogP contribution in [0.3, 0.4) is 0 Å². The third-order valence-corrected chi connectivity index (χ3v) is 4.81. The summed E-state index contributed by atoms with van der Waals surface area (Å²) in [7, 11) is 0. The Labute approximate surface area is 121 Å². The number of carbonyl (C=O) groups is 2. The van der Waals surface area contributed by atoms with Crippen LogP contribution in [-0.4, -0.2) is 29.6 Å². The van der Waals surface area contributed by atoms with Gasteiger partial charge in [-0.15, -0.1) is 0 Å². The largest absolute Gasteiger partial charge is 0.481 e. The number of rotatable bonds is 6. The van der Waals surface area contributed by atoms with Gasteiger partial charge in [0.1, 0.15) is 0 Å². The van der Waals surface area contributed by atoms with Crippen molar-refractivity contribution in [1.29, 1.82) is 0 Å². The van der Waals surface area contributed by atoms with Gasteiger partial charge in [0, 0.05) is 12.6 Å². The van der Waals surface area contributed by atoms with E-state index in [2.05, 4.69) is 5.32 Å². The van der Waals surface area contributed by atoms with Gasteiger partial charge in [0.2, 0.25) is 5.91 Å². The lowest BCUT2D eigenvalue weighted by atomic mass is 9.82. The maximum Gasteiger partial charge on any atom is 0.311 e. The number of carboxylic acids is 1. The molecule has 5 heteroatoms. The van der Waals surface area contributed by atoms with Gasteiger partial charge < -0.3 is 16.2 Å². The Morgan fingerprint density at radius 1 is 1.20 bits per heavy atom. The molecule has 0 aromatic carbocycles. The number of hydrogen-bond donors (Lipinski definition) is 3. The lowest BCUT2D eigenvalue weighted by molar-refractivity contribution is -0.149. The number of nitrogens with one attached hydrogen (secondary N) is 1. The maximum absolute atomic E-state index is 12.3. The molecule has 5 nitrogen and oxygen atoms in total. The molecule has 1 saturated carbocycles. The Hall–Kier alpha value is -1.10. The molecule has 0 aromatic heterocycles. The lowest BCUT2D eigenvalue weighted by Gasteiger charge is -2.28. The van der Waals surface area contributed by atoms with Crippen molar-refractivity contribution in [2.75, 3.05) is 6.54 Å². The predicted octanol–water partition coefficient (Wildman–Crippen LogP) is 1.90. The molecule has 1 aliphatic carbocycles. The Balaban J connectivity index is 2.62. The Kier molecular flexibility index (Phi) is 6.46. The monoisotopic (exact) mass is 284 g/mol. The van der Waals surface area contributed by atoms with Gasteiger partial charge in [0.05, 0.1) is 11.3 Å². The van der Waals surface area contributed by atoms with Crippen molar-refractivity contribution >= 4 is 11.9 Å². The van der Waals surface area contributed by atoms with E-state index < -0.39 is 11.4 Å². The smallest absolute Gasteiger partial charge is 0.311 e. The quantitative estimate of drug-likeness (QED) is 0.649. The maximum atomic E-state index is 12.3. The molecule has 1 rings (SSSR count). The SMILES string of the molecule is CCC(CC)(CNC(=O)C1CCCCCC1N)C(=O)O. The van der Waals surface area contributed by atoms with Crippen molar-refractivity contribution in [3.63, 3.8) is 0 Å². The van der Waals surface area contributed by atoms with Gasteiger partial charge in [-0.1, -0.05) is 33.1 Å². The molecular weight excluding hydrogens is 256 g/mol. The lowest BCUT2D eigenvalue weighted by Crippen LogP contribution is -2.47. The second-order valence-corrected chi connectivity index (χ2v) is 5.92. The minimum Gasteiger partial charge on any atom is -0.481 e. The molecule has 0 aromatic rings. The van der Waals surface area contributed by atoms with Gasteiger partial charge in [-0.05, 0) is 25.7 Å². The topological polar surface area (TPSA) is 92.4 Å². The molecular formula is C15H28N2O3. The zero-order valence-corrected chi connectivity index (χ0v) is 12.7. The van der Waals surface area contributed by atoms with Gasteiger partial charge in [-0.2, -0.15) is 0 Å². The van der Waals surface area contributed by atoms with Crippen LogP contribution in [0.4, 0.5) is 0 Å². The molecule has 0 spiro atoms. The fraction of sp³-hybridized carbons (Fsp3) is 0.867. The molecule has 2 unspecified atom stereocenters. The fourth-order valence-electron chi connectivity index (χ4n) is 2.93. The molecule has 0 radical (unpaired) electrons. The van der Waals surface area contributed by atoms with Crippen molar-refractivity contribution < 1.29 is 14.7 Å². The molecule has 116 valence electrons. The van der Waals surface area contributed by atoms with Crippen LogP contribution in [-0.2, 0) is 9.59 Å². The summed E-state index contributed by atoms with van der Waals surface area (Å²) in [5, 5.41) is 12.2. The molecule has 1 aliphatic rings. The first-order valence-electron chi connectivity index (χ1n) is 7.73. The van der Waals surface area contributed by atoms with Crippen molar-refractivity contribution in [2.45, 2.75) is 64.8 Å². The van der Waals surface area contributed by atoms with E-state index in [1.165, 1.54) is 0 Å². The van der Waals surface area contributed by atoms with E-state index in [0.29, 0.717) is 12.8 Å². The molecule has 1 amide bonds. The summed E-state index contributed by atoms with van der Waals surface area (Å²) in [6, 6.07) is -0.0972. The summed E-state index contributed by atoms with van der Waals surface area (Å²) < 4.78 is 0. The number of aliphatic carboxylic acids is 1. The summed E-state index contributed by atoms with van der Waals surface area (Å²) in [5.41, 5.74) is 5.21. The van der Waals surface area contributed by atoms with Gasteiger partial charge in [0.15, 0.2) is 0 Å². The van der Waals surface area contributed by atoms with Crippen molar-refractivity contribution in [2.24, 2.45) is 17.1 Å². The predicted molar refractivity (Wildman–Crippen MR) is 78.2 cm³/mol. The number of amides is 1. The highest BCUT2D eigenvalue weighted by atomic mass is 16.4. The number of carboxylic acid groups (broad SMARTS) is 1. The number of carbonyl (C=O) groups excluding carboxylic acids is 1. The Bertz CT molecular complexity index is 340. The van der Waals surface area contributed by atoms with E-state index >= 15 is 0 Å². The molecule has 20 heavy (non-hydrogen) atoms. The van der Waals surface area contributed by atoms with Crippen LogP contribution in [0.2, 0.25) is 0 Å². The van der Waals surface area contributed by atoms with Gasteiger partial charge >= 0.3 is 5.97 Å². The van der Waals surface area contributed by atoms with E-state index in [4.69, 9.17) is 5.73 Å². The summed E-state index contributed by atoms with van der Waals surface area (Å²) in [5.74, 6) is -1.09. The Morgan fingerprint density at radius 2 is 1.80 bits per heavy atom. The minimum atomic E-state index is -0.857. The third-order valence-electron chi connectivity index (χ3n) is 4.81. The molecule has 1 fully saturated rings. The average Bonchev–Trinajstić information content (AvgIpc) is 2.64. The van der Waals surface area contributed by atoms with E-state index in [0.717, 1.165) is 32.1 Å². The van der Waals surface area contributed by atoms with Crippen LogP contribution in [0.25, 0.3) is 0 Å². The summed E-state index contributed by atoms with van der Waals surface area (Å²) in [6.07, 6.45) is 5.94. The first-order chi connectivity index (χ1) is 9.46. The van der Waals surface area contributed by atoms with Crippen LogP contribution in [0.5, 0.6) is 0 Å². The highest BCUT2D eigenvalue weighted by molar-refractivity contribution is 5.81. The fourth-order valence-corrected chi connectivity index (χ4v) is 2.93. The van der Waals surface area contributed by atoms with E-state index in [-0.39, 0.29) is 24.4 Å². The molecule has 2 atom stereocenters.